The molecule has 0 spiro atoms. The van der Waals surface area contributed by atoms with Crippen molar-refractivity contribution in [2.24, 2.45) is 14.1 Å². The van der Waals surface area contributed by atoms with Gasteiger partial charge in [0.2, 0.25) is 0 Å². The van der Waals surface area contributed by atoms with Gasteiger partial charge in [-0.25, -0.2) is 4.79 Å². The number of anilines is 1. The minimum Gasteiger partial charge on any atom is -0.494 e. The fourth-order valence-corrected chi connectivity index (χ4v) is 8.58. The van der Waals surface area contributed by atoms with Gasteiger partial charge in [0.1, 0.15) is 17.1 Å². The van der Waals surface area contributed by atoms with Crippen LogP contribution in [-0.4, -0.2) is 51.1 Å². The Bertz CT molecular complexity index is 2430. The first-order valence-corrected chi connectivity index (χ1v) is 18.3. The minimum atomic E-state index is -0.417. The van der Waals surface area contributed by atoms with Crippen LogP contribution in [0.15, 0.2) is 42.5 Å². The summed E-state index contributed by atoms with van der Waals surface area (Å²) in [5.41, 5.74) is 11.0. The molecule has 7 rings (SSSR count). The number of aromatic nitrogens is 4. The molecule has 52 heavy (non-hydrogen) atoms. The zero-order valence-electron chi connectivity index (χ0n) is 31.1. The fourth-order valence-electron chi connectivity index (χ4n) is 8.22. The zero-order valence-corrected chi connectivity index (χ0v) is 32.6. The smallest absolute Gasteiger partial charge is 0.354 e. The number of carbonyl (C=O) groups excluding carboxylic acids is 2. The number of hydrogen-bond acceptors (Lipinski definition) is 5. The Morgan fingerprint density at radius 1 is 0.962 bits per heavy atom. The van der Waals surface area contributed by atoms with Gasteiger partial charge in [0.15, 0.2) is 0 Å². The molecule has 0 fully saturated rings. The van der Waals surface area contributed by atoms with Crippen LogP contribution in [-0.2, 0) is 25.3 Å². The lowest BCUT2D eigenvalue weighted by atomic mass is 9.98. The number of aryl methyl sites for hydroxylation is 7. The number of nitrogens with zero attached hydrogens (tertiary/aromatic N) is 5. The number of hydrogen-bond donors (Lipinski definition) is 0. The van der Waals surface area contributed by atoms with Crippen molar-refractivity contribution < 1.29 is 19.1 Å². The Labute approximate surface area is 313 Å². The third kappa shape index (κ3) is 5.48. The molecule has 0 N–H and O–H groups in total. The highest BCUT2D eigenvalue weighted by atomic mass is 35.5. The van der Waals surface area contributed by atoms with Crippen molar-refractivity contribution in [1.29, 1.82) is 0 Å². The Balaban J connectivity index is 1.39. The minimum absolute atomic E-state index is 0.109. The highest BCUT2D eigenvalue weighted by molar-refractivity contribution is 6.35. The van der Waals surface area contributed by atoms with E-state index in [2.05, 4.69) is 11.5 Å². The summed E-state index contributed by atoms with van der Waals surface area (Å²) in [6, 6.07) is 13.7. The van der Waals surface area contributed by atoms with Crippen molar-refractivity contribution in [3.63, 3.8) is 0 Å². The number of para-hydroxylation sites is 1. The number of amides is 1. The van der Waals surface area contributed by atoms with E-state index in [4.69, 9.17) is 37.8 Å². The lowest BCUT2D eigenvalue weighted by Gasteiger charge is -2.35. The molecule has 1 aliphatic rings. The van der Waals surface area contributed by atoms with Crippen LogP contribution >= 0.6 is 23.2 Å². The third-order valence-electron chi connectivity index (χ3n) is 10.7. The molecule has 4 heterocycles. The van der Waals surface area contributed by atoms with Gasteiger partial charge in [0.25, 0.3) is 5.91 Å². The number of benzene rings is 3. The highest BCUT2D eigenvalue weighted by Gasteiger charge is 2.38. The molecule has 0 saturated heterocycles. The van der Waals surface area contributed by atoms with Crippen molar-refractivity contribution in [2.75, 3.05) is 25.2 Å². The molecule has 1 aliphatic heterocycles. The van der Waals surface area contributed by atoms with Crippen LogP contribution in [0.4, 0.5) is 5.69 Å². The average Bonchev–Trinajstić information content (AvgIpc) is 3.68. The summed E-state index contributed by atoms with van der Waals surface area (Å²) >= 11 is 13.5. The van der Waals surface area contributed by atoms with Crippen LogP contribution in [0.25, 0.3) is 32.9 Å². The van der Waals surface area contributed by atoms with Gasteiger partial charge in [-0.1, -0.05) is 41.4 Å². The number of ether oxygens (including phenoxy) is 2. The molecule has 0 radical (unpaired) electrons. The second kappa shape index (κ2) is 13.4. The van der Waals surface area contributed by atoms with Gasteiger partial charge in [-0.3, -0.25) is 9.48 Å². The maximum absolute atomic E-state index is 15.1. The summed E-state index contributed by atoms with van der Waals surface area (Å²) in [5.74, 6) is 0.245. The number of carbonyl (C=O) groups is 2. The number of rotatable bonds is 8. The van der Waals surface area contributed by atoms with Crippen molar-refractivity contribution in [1.82, 2.24) is 18.9 Å². The molecule has 9 nitrogen and oxygen atoms in total. The van der Waals surface area contributed by atoms with Crippen molar-refractivity contribution >= 4 is 62.6 Å². The molecule has 0 aliphatic carbocycles. The number of fused-ring (bicyclic) bond motifs is 4. The van der Waals surface area contributed by atoms with E-state index < -0.39 is 5.97 Å². The molecule has 6 aromatic rings. The Morgan fingerprint density at radius 3 is 2.33 bits per heavy atom. The van der Waals surface area contributed by atoms with E-state index in [0.717, 1.165) is 83.0 Å². The van der Waals surface area contributed by atoms with E-state index in [9.17, 15) is 4.79 Å². The first kappa shape index (κ1) is 35.7. The van der Waals surface area contributed by atoms with E-state index in [0.29, 0.717) is 42.4 Å². The number of halogens is 2. The second-order valence-corrected chi connectivity index (χ2v) is 14.8. The summed E-state index contributed by atoms with van der Waals surface area (Å²) in [4.78, 5) is 29.9. The predicted molar refractivity (Wildman–Crippen MR) is 209 cm³/mol. The number of esters is 1. The van der Waals surface area contributed by atoms with Gasteiger partial charge < -0.3 is 23.5 Å². The van der Waals surface area contributed by atoms with E-state index in [1.165, 1.54) is 7.11 Å². The van der Waals surface area contributed by atoms with Gasteiger partial charge in [0, 0.05) is 59.3 Å². The molecule has 1 amide bonds. The van der Waals surface area contributed by atoms with Crippen LogP contribution in [0.5, 0.6) is 5.75 Å². The SMILES string of the molecule is COC(=O)c1c(C)c2cccc(N3C[C@@H](C)n4c(c(CCCOc5cc(C)c(Cl)c(C)c5)c5ccc(Cl)c(-c6c(C)nn(C)c6C)c54)C3=O)c2n1C. The van der Waals surface area contributed by atoms with Gasteiger partial charge in [-0.05, 0) is 101 Å². The lowest BCUT2D eigenvalue weighted by Crippen LogP contribution is -2.43. The Kier molecular flexibility index (Phi) is 9.16. The molecule has 11 heteroatoms. The third-order valence-corrected chi connectivity index (χ3v) is 11.6. The maximum Gasteiger partial charge on any atom is 0.354 e. The van der Waals surface area contributed by atoms with Gasteiger partial charge >= 0.3 is 5.97 Å². The van der Waals surface area contributed by atoms with Crippen molar-refractivity contribution in [3.05, 3.63) is 97.5 Å². The largest absolute Gasteiger partial charge is 0.494 e. The average molecular weight is 741 g/mol. The predicted octanol–water partition coefficient (Wildman–Crippen LogP) is 9.40. The molecular formula is C41H43Cl2N5O4. The molecule has 0 unspecified atom stereocenters. The van der Waals surface area contributed by atoms with E-state index in [1.54, 1.807) is 0 Å². The molecule has 0 saturated carbocycles. The Morgan fingerprint density at radius 2 is 1.67 bits per heavy atom. The zero-order chi connectivity index (χ0) is 37.3. The highest BCUT2D eigenvalue weighted by Crippen LogP contribution is 2.46. The van der Waals surface area contributed by atoms with E-state index >= 15 is 4.79 Å². The molecule has 0 bridgehead atoms. The maximum atomic E-state index is 15.1. The summed E-state index contributed by atoms with van der Waals surface area (Å²) in [6.45, 7) is 12.9. The second-order valence-electron chi connectivity index (χ2n) is 14.0. The van der Waals surface area contributed by atoms with Crippen molar-refractivity contribution in [2.45, 2.75) is 60.4 Å². The first-order chi connectivity index (χ1) is 24.8. The van der Waals surface area contributed by atoms with Gasteiger partial charge in [-0.2, -0.15) is 5.10 Å². The van der Waals surface area contributed by atoms with E-state index in [1.807, 2.05) is 105 Å². The molecule has 270 valence electrons. The normalized spacial score (nSPS) is 14.5. The van der Waals surface area contributed by atoms with E-state index in [-0.39, 0.29) is 11.9 Å². The van der Waals surface area contributed by atoms with Crippen LogP contribution < -0.4 is 9.64 Å². The van der Waals surface area contributed by atoms with Crippen LogP contribution in [0.2, 0.25) is 10.0 Å². The van der Waals surface area contributed by atoms with Crippen molar-refractivity contribution in [3.8, 4) is 16.9 Å². The van der Waals surface area contributed by atoms with Crippen LogP contribution in [0.3, 0.4) is 0 Å². The Hall–Kier alpha value is -4.73. The summed E-state index contributed by atoms with van der Waals surface area (Å²) < 4.78 is 17.3. The van der Waals surface area contributed by atoms with Gasteiger partial charge in [0.05, 0.1) is 41.2 Å². The summed E-state index contributed by atoms with van der Waals surface area (Å²) in [5, 5.41) is 7.96. The standard InChI is InChI=1S/C41H43Cl2N5O4/c1-21-18-27(19-22(2)35(21)43)52-17-11-13-29-30-15-16-31(42)34(33-25(5)44-46(8)26(33)6)38(30)48-23(3)20-47(40(49)39(29)48)32-14-10-12-28-24(4)36(41(50)51-9)45(7)37(28)32/h10,12,14-16,18-19,23H,11,13,17,20H2,1-9H3/t23-/m1/s1. The molecular weight excluding hydrogens is 697 g/mol. The van der Waals surface area contributed by atoms with Gasteiger partial charge in [-0.15, -0.1) is 0 Å². The lowest BCUT2D eigenvalue weighted by molar-refractivity contribution is 0.0589. The van der Waals surface area contributed by atoms with Crippen LogP contribution in [0, 0.1) is 34.6 Å². The quantitative estimate of drug-likeness (QED) is 0.115. The van der Waals surface area contributed by atoms with Crippen LogP contribution in [0.1, 0.15) is 74.0 Å². The molecule has 3 aromatic heterocycles. The summed E-state index contributed by atoms with van der Waals surface area (Å²) in [6.07, 6.45) is 1.27. The number of methoxy groups -OCH3 is 1. The monoisotopic (exact) mass is 739 g/mol. The molecule has 1 atom stereocenters. The molecule has 3 aromatic carbocycles. The summed E-state index contributed by atoms with van der Waals surface area (Å²) in [7, 11) is 5.17. The first-order valence-electron chi connectivity index (χ1n) is 17.5. The fraction of sp³-hybridized carbons (Fsp3) is 0.341. The topological polar surface area (TPSA) is 83.5 Å².